The van der Waals surface area contributed by atoms with E-state index in [-0.39, 0.29) is 35.2 Å². The minimum atomic E-state index is -0.946. The average Bonchev–Trinajstić information content (AvgIpc) is 2.99. The molecule has 0 radical (unpaired) electrons. The first-order valence-corrected chi connectivity index (χ1v) is 12.8. The second kappa shape index (κ2) is 13.8. The number of halogens is 1. The number of hydrogen-bond donors (Lipinski definition) is 5. The van der Waals surface area contributed by atoms with Crippen molar-refractivity contribution in [1.82, 2.24) is 10.3 Å². The Morgan fingerprint density at radius 1 is 0.902 bits per heavy atom. The first-order valence-electron chi connectivity index (χ1n) is 12.4. The van der Waals surface area contributed by atoms with Crippen molar-refractivity contribution in [1.29, 1.82) is 0 Å². The maximum absolute atomic E-state index is 13.5. The SMILES string of the molecule is COc1ccc(N(C(=O)NCCc2ccc(Cl)cc2)c2ncccc2NO)cc1NC(=O)C(=O)Nc1ccccc1. The number of ether oxygens (including phenoxy) is 1. The molecule has 0 aliphatic carbocycles. The normalized spacial score (nSPS) is 10.3. The molecule has 1 aromatic heterocycles. The number of urea groups is 1. The van der Waals surface area contributed by atoms with E-state index in [1.807, 2.05) is 12.1 Å². The number of nitrogens with zero attached hydrogens (tertiary/aromatic N) is 2. The van der Waals surface area contributed by atoms with Crippen LogP contribution in [0.15, 0.2) is 91.1 Å². The lowest BCUT2D eigenvalue weighted by Gasteiger charge is -2.25. The van der Waals surface area contributed by atoms with Gasteiger partial charge >= 0.3 is 17.8 Å². The van der Waals surface area contributed by atoms with E-state index < -0.39 is 17.8 Å². The third-order valence-corrected chi connectivity index (χ3v) is 6.10. The summed E-state index contributed by atoms with van der Waals surface area (Å²) in [7, 11) is 1.41. The number of amides is 4. The van der Waals surface area contributed by atoms with Gasteiger partial charge in [-0.25, -0.2) is 14.7 Å². The molecule has 5 N–H and O–H groups in total. The molecule has 0 aliphatic rings. The number of hydrogen-bond acceptors (Lipinski definition) is 7. The number of para-hydroxylation sites is 1. The van der Waals surface area contributed by atoms with Crippen LogP contribution >= 0.6 is 11.6 Å². The molecule has 0 aliphatic heterocycles. The van der Waals surface area contributed by atoms with Crippen LogP contribution < -0.4 is 31.1 Å². The van der Waals surface area contributed by atoms with E-state index >= 15 is 0 Å². The molecule has 0 spiro atoms. The predicted octanol–water partition coefficient (Wildman–Crippen LogP) is 5.21. The van der Waals surface area contributed by atoms with Crippen LogP contribution in [-0.2, 0) is 16.0 Å². The molecule has 11 nitrogen and oxygen atoms in total. The van der Waals surface area contributed by atoms with Gasteiger partial charge in [-0.3, -0.25) is 20.3 Å². The Hall–Kier alpha value is -5.13. The van der Waals surface area contributed by atoms with E-state index in [0.29, 0.717) is 17.1 Å². The highest BCUT2D eigenvalue weighted by atomic mass is 35.5. The highest BCUT2D eigenvalue weighted by Gasteiger charge is 2.24. The minimum Gasteiger partial charge on any atom is -0.495 e. The molecule has 4 aromatic rings. The number of rotatable bonds is 9. The lowest BCUT2D eigenvalue weighted by molar-refractivity contribution is -0.133. The highest BCUT2D eigenvalue weighted by molar-refractivity contribution is 6.43. The van der Waals surface area contributed by atoms with Crippen LogP contribution in [0.4, 0.5) is 33.4 Å². The molecule has 0 saturated heterocycles. The summed E-state index contributed by atoms with van der Waals surface area (Å²) in [5, 5.41) is 18.2. The quantitative estimate of drug-likeness (QED) is 0.136. The topological polar surface area (TPSA) is 145 Å². The fraction of sp³-hybridized carbons (Fsp3) is 0.103. The van der Waals surface area contributed by atoms with Crippen LogP contribution in [0.5, 0.6) is 5.75 Å². The Labute approximate surface area is 241 Å². The van der Waals surface area contributed by atoms with Gasteiger partial charge in [0.15, 0.2) is 5.82 Å². The zero-order valence-electron chi connectivity index (χ0n) is 21.9. The fourth-order valence-electron chi connectivity index (χ4n) is 3.86. The molecule has 0 saturated carbocycles. The summed E-state index contributed by atoms with van der Waals surface area (Å²) >= 11 is 5.95. The molecule has 0 atom stereocenters. The van der Waals surface area contributed by atoms with Gasteiger partial charge in [0.05, 0.1) is 18.5 Å². The van der Waals surface area contributed by atoms with Gasteiger partial charge in [-0.15, -0.1) is 0 Å². The largest absolute Gasteiger partial charge is 0.495 e. The van der Waals surface area contributed by atoms with Crippen LogP contribution in [0.2, 0.25) is 5.02 Å². The first-order chi connectivity index (χ1) is 19.9. The van der Waals surface area contributed by atoms with Crippen molar-refractivity contribution in [2.24, 2.45) is 0 Å². The summed E-state index contributed by atoms with van der Waals surface area (Å²) in [6.07, 6.45) is 1.99. The minimum absolute atomic E-state index is 0.0863. The van der Waals surface area contributed by atoms with Gasteiger partial charge in [-0.05, 0) is 66.6 Å². The second-order valence-electron chi connectivity index (χ2n) is 8.59. The Bertz CT molecular complexity index is 1520. The van der Waals surface area contributed by atoms with Gasteiger partial charge in [-0.2, -0.15) is 0 Å². The number of carbonyl (C=O) groups is 3. The van der Waals surface area contributed by atoms with Crippen molar-refractivity contribution < 1.29 is 24.3 Å². The summed E-state index contributed by atoms with van der Waals surface area (Å²) in [5.74, 6) is -1.50. The van der Waals surface area contributed by atoms with Crippen molar-refractivity contribution in [3.63, 3.8) is 0 Å². The molecule has 1 heterocycles. The first kappa shape index (κ1) is 28.9. The standard InChI is InChI=1S/C29H27ClN6O5/c1-41-25-14-13-22(18-24(25)34-28(38)27(37)33-21-6-3-2-4-7-21)36(26-23(35-40)8-5-16-31-26)29(39)32-17-15-19-9-11-20(30)12-10-19/h2-14,16,18,35,40H,15,17H2,1H3,(H,32,39)(H,33,37)(H,34,38). The Morgan fingerprint density at radius 3 is 2.34 bits per heavy atom. The lowest BCUT2D eigenvalue weighted by Crippen LogP contribution is -2.38. The molecule has 12 heteroatoms. The number of aromatic nitrogens is 1. The van der Waals surface area contributed by atoms with Crippen molar-refractivity contribution in [3.8, 4) is 5.75 Å². The molecular weight excluding hydrogens is 548 g/mol. The van der Waals surface area contributed by atoms with Crippen molar-refractivity contribution in [2.75, 3.05) is 34.7 Å². The number of anilines is 5. The fourth-order valence-corrected chi connectivity index (χ4v) is 3.99. The van der Waals surface area contributed by atoms with Crippen molar-refractivity contribution in [3.05, 3.63) is 102 Å². The Balaban J connectivity index is 1.60. The zero-order valence-corrected chi connectivity index (χ0v) is 22.7. The highest BCUT2D eigenvalue weighted by Crippen LogP contribution is 2.35. The molecule has 0 unspecified atom stereocenters. The van der Waals surface area contributed by atoms with Crippen molar-refractivity contribution >= 4 is 58.0 Å². The smallest absolute Gasteiger partial charge is 0.327 e. The van der Waals surface area contributed by atoms with E-state index in [9.17, 15) is 19.6 Å². The van der Waals surface area contributed by atoms with Gasteiger partial charge in [-0.1, -0.05) is 41.9 Å². The third kappa shape index (κ3) is 7.50. The van der Waals surface area contributed by atoms with Gasteiger partial charge in [0.25, 0.3) is 0 Å². The monoisotopic (exact) mass is 574 g/mol. The van der Waals surface area contributed by atoms with Crippen LogP contribution in [0, 0.1) is 0 Å². The average molecular weight is 575 g/mol. The molecule has 4 rings (SSSR count). The summed E-state index contributed by atoms with van der Waals surface area (Å²) in [5.41, 5.74) is 4.03. The van der Waals surface area contributed by atoms with Crippen LogP contribution in [-0.4, -0.2) is 41.7 Å². The van der Waals surface area contributed by atoms with Crippen LogP contribution in [0.1, 0.15) is 5.56 Å². The van der Waals surface area contributed by atoms with E-state index in [2.05, 4.69) is 26.4 Å². The molecular formula is C29H27ClN6O5. The van der Waals surface area contributed by atoms with Crippen LogP contribution in [0.3, 0.4) is 0 Å². The number of methoxy groups -OCH3 is 1. The van der Waals surface area contributed by atoms with E-state index in [0.717, 1.165) is 5.56 Å². The number of nitrogens with one attached hydrogen (secondary N) is 4. The molecule has 3 aromatic carbocycles. The predicted molar refractivity (Wildman–Crippen MR) is 157 cm³/mol. The maximum atomic E-state index is 13.5. The third-order valence-electron chi connectivity index (χ3n) is 5.85. The molecule has 0 fully saturated rings. The van der Waals surface area contributed by atoms with E-state index in [4.69, 9.17) is 16.3 Å². The lowest BCUT2D eigenvalue weighted by atomic mass is 10.1. The molecule has 4 amide bonds. The maximum Gasteiger partial charge on any atom is 0.327 e. The number of pyridine rings is 1. The summed E-state index contributed by atoms with van der Waals surface area (Å²) in [4.78, 5) is 44.3. The number of benzene rings is 3. The van der Waals surface area contributed by atoms with Gasteiger partial charge in [0, 0.05) is 23.5 Å². The summed E-state index contributed by atoms with van der Waals surface area (Å²) < 4.78 is 5.37. The number of carbonyl (C=O) groups excluding carboxylic acids is 3. The van der Waals surface area contributed by atoms with Crippen molar-refractivity contribution in [2.45, 2.75) is 6.42 Å². The summed E-state index contributed by atoms with van der Waals surface area (Å²) in [6, 6.07) is 22.9. The zero-order chi connectivity index (χ0) is 29.2. The molecule has 210 valence electrons. The second-order valence-corrected chi connectivity index (χ2v) is 9.03. The van der Waals surface area contributed by atoms with Gasteiger partial charge in [0.1, 0.15) is 11.4 Å². The summed E-state index contributed by atoms with van der Waals surface area (Å²) in [6.45, 7) is 0.283. The van der Waals surface area contributed by atoms with E-state index in [1.54, 1.807) is 54.6 Å². The molecule has 0 bridgehead atoms. The van der Waals surface area contributed by atoms with Gasteiger partial charge in [0.2, 0.25) is 0 Å². The Kier molecular flexibility index (Phi) is 9.71. The Morgan fingerprint density at radius 2 is 1.63 bits per heavy atom. The molecule has 41 heavy (non-hydrogen) atoms. The van der Waals surface area contributed by atoms with Crippen LogP contribution in [0.25, 0.3) is 0 Å². The van der Waals surface area contributed by atoms with E-state index in [1.165, 1.54) is 36.4 Å². The van der Waals surface area contributed by atoms with Gasteiger partial charge < -0.3 is 20.7 Å².